The van der Waals surface area contributed by atoms with E-state index in [0.29, 0.717) is 5.89 Å². The van der Waals surface area contributed by atoms with Crippen LogP contribution in [0.15, 0.2) is 53.1 Å². The second-order valence-corrected chi connectivity index (χ2v) is 5.18. The molecule has 0 amide bonds. The fourth-order valence-electron chi connectivity index (χ4n) is 2.69. The molecule has 0 radical (unpaired) electrons. The van der Waals surface area contributed by atoms with Gasteiger partial charge in [0, 0.05) is 11.1 Å². The van der Waals surface area contributed by atoms with Crippen molar-refractivity contribution in [3.05, 3.63) is 65.4 Å². The lowest BCUT2D eigenvalue weighted by atomic mass is 9.98. The Kier molecular flexibility index (Phi) is 3.15. The molecule has 0 aliphatic rings. The lowest BCUT2D eigenvalue weighted by Gasteiger charge is -2.08. The average Bonchev–Trinajstić information content (AvgIpc) is 2.88. The van der Waals surface area contributed by atoms with Crippen LogP contribution in [0, 0.1) is 20.8 Å². The highest BCUT2D eigenvalue weighted by molar-refractivity contribution is 5.69. The van der Waals surface area contributed by atoms with Crippen molar-refractivity contribution >= 4 is 0 Å². The average molecular weight is 263 g/mol. The number of hydrogen-bond donors (Lipinski definition) is 0. The van der Waals surface area contributed by atoms with Crippen molar-refractivity contribution in [2.24, 2.45) is 0 Å². The van der Waals surface area contributed by atoms with Gasteiger partial charge in [0.1, 0.15) is 12.0 Å². The molecule has 0 spiro atoms. The standard InChI is InChI=1S/C18H17NO/c1-12-9-13(2)17(14(3)10-12)16-11-20-18(19-16)15-7-5-4-6-8-15/h4-11H,1-3H3. The first-order chi connectivity index (χ1) is 9.65. The minimum Gasteiger partial charge on any atom is -0.444 e. The summed E-state index contributed by atoms with van der Waals surface area (Å²) in [6, 6.07) is 14.3. The van der Waals surface area contributed by atoms with Gasteiger partial charge in [-0.3, -0.25) is 0 Å². The Morgan fingerprint density at radius 2 is 1.55 bits per heavy atom. The maximum atomic E-state index is 5.63. The Morgan fingerprint density at radius 3 is 2.20 bits per heavy atom. The van der Waals surface area contributed by atoms with Crippen LogP contribution in [-0.4, -0.2) is 4.98 Å². The summed E-state index contributed by atoms with van der Waals surface area (Å²) in [5, 5.41) is 0. The number of nitrogens with zero attached hydrogens (tertiary/aromatic N) is 1. The number of hydrogen-bond acceptors (Lipinski definition) is 2. The first kappa shape index (κ1) is 12.7. The molecule has 2 heteroatoms. The zero-order valence-electron chi connectivity index (χ0n) is 12.0. The Morgan fingerprint density at radius 1 is 0.900 bits per heavy atom. The summed E-state index contributed by atoms with van der Waals surface area (Å²) in [4.78, 5) is 4.64. The monoisotopic (exact) mass is 263 g/mol. The summed E-state index contributed by atoms with van der Waals surface area (Å²) in [7, 11) is 0. The number of aromatic nitrogens is 1. The smallest absolute Gasteiger partial charge is 0.226 e. The molecule has 0 fully saturated rings. The Balaban J connectivity index is 2.07. The van der Waals surface area contributed by atoms with Crippen LogP contribution >= 0.6 is 0 Å². The number of benzene rings is 2. The lowest BCUT2D eigenvalue weighted by molar-refractivity contribution is 0.575. The topological polar surface area (TPSA) is 26.0 Å². The molecule has 0 aliphatic heterocycles. The zero-order chi connectivity index (χ0) is 14.1. The molecule has 3 rings (SSSR count). The molecule has 0 N–H and O–H groups in total. The molecule has 3 aromatic rings. The zero-order valence-corrected chi connectivity index (χ0v) is 12.0. The molecule has 0 unspecified atom stereocenters. The van der Waals surface area contributed by atoms with Crippen molar-refractivity contribution in [1.82, 2.24) is 4.98 Å². The van der Waals surface area contributed by atoms with E-state index >= 15 is 0 Å². The van der Waals surface area contributed by atoms with Crippen LogP contribution in [0.25, 0.3) is 22.7 Å². The quantitative estimate of drug-likeness (QED) is 0.655. The molecule has 2 nitrogen and oxygen atoms in total. The third kappa shape index (κ3) is 2.25. The van der Waals surface area contributed by atoms with Crippen LogP contribution in [-0.2, 0) is 0 Å². The highest BCUT2D eigenvalue weighted by Gasteiger charge is 2.12. The highest BCUT2D eigenvalue weighted by Crippen LogP contribution is 2.30. The summed E-state index contributed by atoms with van der Waals surface area (Å²) in [5.41, 5.74) is 6.81. The van der Waals surface area contributed by atoms with E-state index in [0.717, 1.165) is 11.3 Å². The number of oxazole rings is 1. The summed E-state index contributed by atoms with van der Waals surface area (Å²) in [6.45, 7) is 6.35. The highest BCUT2D eigenvalue weighted by atomic mass is 16.3. The summed E-state index contributed by atoms with van der Waals surface area (Å²) in [5.74, 6) is 0.667. The largest absolute Gasteiger partial charge is 0.444 e. The minimum atomic E-state index is 0.667. The van der Waals surface area contributed by atoms with Gasteiger partial charge in [-0.25, -0.2) is 4.98 Å². The van der Waals surface area contributed by atoms with Gasteiger partial charge in [-0.2, -0.15) is 0 Å². The lowest BCUT2D eigenvalue weighted by Crippen LogP contribution is -1.90. The Bertz CT molecular complexity index is 718. The predicted octanol–water partition coefficient (Wildman–Crippen LogP) is 4.93. The minimum absolute atomic E-state index is 0.667. The van der Waals surface area contributed by atoms with E-state index in [1.165, 1.54) is 22.3 Å². The first-order valence-electron chi connectivity index (χ1n) is 6.74. The van der Waals surface area contributed by atoms with E-state index in [-0.39, 0.29) is 0 Å². The van der Waals surface area contributed by atoms with Gasteiger partial charge in [-0.05, 0) is 44.0 Å². The molecule has 0 atom stereocenters. The fourth-order valence-corrected chi connectivity index (χ4v) is 2.69. The third-order valence-electron chi connectivity index (χ3n) is 3.46. The molecule has 1 aromatic heterocycles. The summed E-state index contributed by atoms with van der Waals surface area (Å²) < 4.78 is 5.63. The summed E-state index contributed by atoms with van der Waals surface area (Å²) >= 11 is 0. The molecule has 0 aliphatic carbocycles. The fraction of sp³-hybridized carbons (Fsp3) is 0.167. The van der Waals surface area contributed by atoms with Gasteiger partial charge < -0.3 is 4.42 Å². The van der Waals surface area contributed by atoms with Gasteiger partial charge in [-0.1, -0.05) is 35.9 Å². The van der Waals surface area contributed by atoms with E-state index in [1.807, 2.05) is 30.3 Å². The Hall–Kier alpha value is -2.35. The van der Waals surface area contributed by atoms with Crippen LogP contribution in [0.1, 0.15) is 16.7 Å². The SMILES string of the molecule is Cc1cc(C)c(-c2coc(-c3ccccc3)n2)c(C)c1. The van der Waals surface area contributed by atoms with Crippen molar-refractivity contribution in [2.45, 2.75) is 20.8 Å². The third-order valence-corrected chi connectivity index (χ3v) is 3.46. The molecule has 100 valence electrons. The van der Waals surface area contributed by atoms with Crippen molar-refractivity contribution in [2.75, 3.05) is 0 Å². The van der Waals surface area contributed by atoms with E-state index in [9.17, 15) is 0 Å². The molecule has 0 saturated heterocycles. The summed E-state index contributed by atoms with van der Waals surface area (Å²) in [6.07, 6.45) is 1.74. The second-order valence-electron chi connectivity index (χ2n) is 5.18. The van der Waals surface area contributed by atoms with E-state index in [2.05, 4.69) is 37.9 Å². The molecular formula is C18H17NO. The first-order valence-corrected chi connectivity index (χ1v) is 6.74. The van der Waals surface area contributed by atoms with Crippen LogP contribution in [0.5, 0.6) is 0 Å². The van der Waals surface area contributed by atoms with Gasteiger partial charge in [0.25, 0.3) is 0 Å². The van der Waals surface area contributed by atoms with Crippen LogP contribution < -0.4 is 0 Å². The number of rotatable bonds is 2. The maximum absolute atomic E-state index is 5.63. The molecule has 1 heterocycles. The van der Waals surface area contributed by atoms with Crippen molar-refractivity contribution in [1.29, 1.82) is 0 Å². The predicted molar refractivity (Wildman–Crippen MR) is 81.6 cm³/mol. The van der Waals surface area contributed by atoms with Crippen molar-refractivity contribution in [3.63, 3.8) is 0 Å². The van der Waals surface area contributed by atoms with E-state index < -0.39 is 0 Å². The van der Waals surface area contributed by atoms with Gasteiger partial charge in [0.2, 0.25) is 5.89 Å². The number of aryl methyl sites for hydroxylation is 3. The Labute approximate surface area is 119 Å². The van der Waals surface area contributed by atoms with Gasteiger partial charge >= 0.3 is 0 Å². The van der Waals surface area contributed by atoms with Crippen LogP contribution in [0.2, 0.25) is 0 Å². The molecule has 0 bridgehead atoms. The molecule has 20 heavy (non-hydrogen) atoms. The van der Waals surface area contributed by atoms with Gasteiger partial charge in [-0.15, -0.1) is 0 Å². The van der Waals surface area contributed by atoms with Crippen molar-refractivity contribution < 1.29 is 4.42 Å². The molecule has 0 saturated carbocycles. The van der Waals surface area contributed by atoms with Gasteiger partial charge in [0.05, 0.1) is 0 Å². The maximum Gasteiger partial charge on any atom is 0.226 e. The van der Waals surface area contributed by atoms with Crippen LogP contribution in [0.3, 0.4) is 0 Å². The molecule has 2 aromatic carbocycles. The van der Waals surface area contributed by atoms with E-state index in [4.69, 9.17) is 4.42 Å². The van der Waals surface area contributed by atoms with Crippen molar-refractivity contribution in [3.8, 4) is 22.7 Å². The van der Waals surface area contributed by atoms with Gasteiger partial charge in [0.15, 0.2) is 0 Å². The van der Waals surface area contributed by atoms with Crippen LogP contribution in [0.4, 0.5) is 0 Å². The normalized spacial score (nSPS) is 10.8. The second kappa shape index (κ2) is 4.97. The van der Waals surface area contributed by atoms with E-state index in [1.54, 1.807) is 6.26 Å². The molecular weight excluding hydrogens is 246 g/mol.